The average molecular weight is 215 g/mol. The van der Waals surface area contributed by atoms with Crippen molar-refractivity contribution in [2.75, 3.05) is 40.0 Å². The van der Waals surface area contributed by atoms with Gasteiger partial charge in [-0.3, -0.25) is 0 Å². The van der Waals surface area contributed by atoms with Gasteiger partial charge in [-0.15, -0.1) is 0 Å². The van der Waals surface area contributed by atoms with Gasteiger partial charge in [-0.1, -0.05) is 0 Å². The number of aliphatic hydroxyl groups is 1. The molecule has 6 heteroatoms. The average Bonchev–Trinajstić information content (AvgIpc) is 2.02. The molecule has 14 heavy (non-hydrogen) atoms. The van der Waals surface area contributed by atoms with Crippen LogP contribution < -0.4 is 0 Å². The van der Waals surface area contributed by atoms with Crippen LogP contribution in [0.15, 0.2) is 0 Å². The second kappa shape index (κ2) is 7.03. The Morgan fingerprint density at radius 2 is 1.93 bits per heavy atom. The molecule has 0 aromatic carbocycles. The van der Waals surface area contributed by atoms with Crippen molar-refractivity contribution in [1.29, 1.82) is 0 Å². The number of ether oxygens (including phenoxy) is 1. The normalized spacial score (nSPS) is 12.4. The van der Waals surface area contributed by atoms with E-state index < -0.39 is 12.8 Å². The van der Waals surface area contributed by atoms with Crippen molar-refractivity contribution in [3.8, 4) is 0 Å². The third kappa shape index (κ3) is 9.76. The van der Waals surface area contributed by atoms with E-state index in [2.05, 4.69) is 4.74 Å². The van der Waals surface area contributed by atoms with Crippen molar-refractivity contribution < 1.29 is 23.0 Å². The minimum absolute atomic E-state index is 0.0555. The lowest BCUT2D eigenvalue weighted by molar-refractivity contribution is -0.174. The first-order valence-corrected chi connectivity index (χ1v) is 4.39. The molecule has 0 aliphatic heterocycles. The summed E-state index contributed by atoms with van der Waals surface area (Å²) in [6.45, 7) is 0.115. The molecule has 0 spiro atoms. The van der Waals surface area contributed by atoms with Gasteiger partial charge in [-0.2, -0.15) is 13.2 Å². The van der Waals surface area contributed by atoms with Crippen LogP contribution in [0, 0.1) is 0 Å². The first-order chi connectivity index (χ1) is 6.45. The van der Waals surface area contributed by atoms with Gasteiger partial charge in [0.25, 0.3) is 0 Å². The lowest BCUT2D eigenvalue weighted by Gasteiger charge is -2.14. The SMILES string of the molecule is CN(CCO)CCCOCC(F)(F)F. The Morgan fingerprint density at radius 3 is 2.43 bits per heavy atom. The van der Waals surface area contributed by atoms with Crippen LogP contribution in [0.1, 0.15) is 6.42 Å². The van der Waals surface area contributed by atoms with Crippen LogP contribution in [0.3, 0.4) is 0 Å². The Morgan fingerprint density at radius 1 is 1.29 bits per heavy atom. The van der Waals surface area contributed by atoms with Crippen molar-refractivity contribution >= 4 is 0 Å². The summed E-state index contributed by atoms with van der Waals surface area (Å²) in [4.78, 5) is 1.83. The summed E-state index contributed by atoms with van der Waals surface area (Å²) in [6, 6.07) is 0. The molecular formula is C8H16F3NO2. The summed E-state index contributed by atoms with van der Waals surface area (Å²) in [7, 11) is 1.79. The third-order valence-electron chi connectivity index (χ3n) is 1.58. The zero-order valence-corrected chi connectivity index (χ0v) is 8.18. The maximum atomic E-state index is 11.6. The van der Waals surface area contributed by atoms with Crippen LogP contribution in [0.5, 0.6) is 0 Å². The smallest absolute Gasteiger partial charge is 0.395 e. The fraction of sp³-hybridized carbons (Fsp3) is 1.00. The highest BCUT2D eigenvalue weighted by molar-refractivity contribution is 4.51. The van der Waals surface area contributed by atoms with E-state index in [4.69, 9.17) is 5.11 Å². The summed E-state index contributed by atoms with van der Waals surface area (Å²) >= 11 is 0. The molecule has 0 aliphatic rings. The van der Waals surface area contributed by atoms with Crippen LogP contribution in [0.25, 0.3) is 0 Å². The zero-order chi connectivity index (χ0) is 11.0. The Labute approximate surface area is 81.5 Å². The molecule has 0 heterocycles. The van der Waals surface area contributed by atoms with E-state index in [0.29, 0.717) is 19.5 Å². The molecule has 0 radical (unpaired) electrons. The molecule has 0 aliphatic carbocycles. The van der Waals surface area contributed by atoms with Crippen molar-refractivity contribution in [3.05, 3.63) is 0 Å². The molecule has 0 bridgehead atoms. The molecule has 0 saturated heterocycles. The van der Waals surface area contributed by atoms with Crippen LogP contribution in [0.2, 0.25) is 0 Å². The standard InChI is InChI=1S/C8H16F3NO2/c1-12(4-5-13)3-2-6-14-7-8(9,10)11/h13H,2-7H2,1H3. The highest BCUT2D eigenvalue weighted by Crippen LogP contribution is 2.14. The van der Waals surface area contributed by atoms with Crippen molar-refractivity contribution in [1.82, 2.24) is 4.90 Å². The number of hydrogen-bond donors (Lipinski definition) is 1. The van der Waals surface area contributed by atoms with Crippen molar-refractivity contribution in [3.63, 3.8) is 0 Å². The molecule has 0 atom stereocenters. The molecule has 1 N–H and O–H groups in total. The molecule has 0 aromatic heterocycles. The number of rotatable bonds is 7. The van der Waals surface area contributed by atoms with Crippen molar-refractivity contribution in [2.24, 2.45) is 0 Å². The molecule has 86 valence electrons. The lowest BCUT2D eigenvalue weighted by Crippen LogP contribution is -2.25. The number of hydrogen-bond acceptors (Lipinski definition) is 3. The second-order valence-corrected chi connectivity index (χ2v) is 3.05. The molecule has 3 nitrogen and oxygen atoms in total. The molecular weight excluding hydrogens is 199 g/mol. The predicted molar refractivity (Wildman–Crippen MR) is 46.1 cm³/mol. The van der Waals surface area contributed by atoms with Gasteiger partial charge < -0.3 is 14.7 Å². The zero-order valence-electron chi connectivity index (χ0n) is 8.18. The Hall–Kier alpha value is -0.330. The van der Waals surface area contributed by atoms with Gasteiger partial charge in [0.2, 0.25) is 0 Å². The minimum atomic E-state index is -4.24. The number of nitrogens with zero attached hydrogens (tertiary/aromatic N) is 1. The first kappa shape index (κ1) is 13.7. The summed E-state index contributed by atoms with van der Waals surface area (Å²) in [5.41, 5.74) is 0. The summed E-state index contributed by atoms with van der Waals surface area (Å²) in [5.74, 6) is 0. The molecule has 0 aromatic rings. The summed E-state index contributed by atoms with van der Waals surface area (Å²) in [6.07, 6.45) is -3.70. The Kier molecular flexibility index (Phi) is 6.86. The van der Waals surface area contributed by atoms with E-state index in [9.17, 15) is 13.2 Å². The van der Waals surface area contributed by atoms with E-state index in [-0.39, 0.29) is 13.2 Å². The van der Waals surface area contributed by atoms with Crippen molar-refractivity contribution in [2.45, 2.75) is 12.6 Å². The summed E-state index contributed by atoms with van der Waals surface area (Å²) < 4.78 is 39.2. The number of aliphatic hydroxyl groups excluding tert-OH is 1. The van der Waals surface area contributed by atoms with Crippen LogP contribution in [0.4, 0.5) is 13.2 Å². The van der Waals surface area contributed by atoms with Crippen LogP contribution in [-0.4, -0.2) is 56.1 Å². The Bertz CT molecular complexity index is 141. The quantitative estimate of drug-likeness (QED) is 0.640. The van der Waals surface area contributed by atoms with E-state index in [1.54, 1.807) is 7.05 Å². The first-order valence-electron chi connectivity index (χ1n) is 4.39. The summed E-state index contributed by atoms with van der Waals surface area (Å²) in [5, 5.41) is 8.52. The van der Waals surface area contributed by atoms with Gasteiger partial charge in [0.15, 0.2) is 0 Å². The fourth-order valence-corrected chi connectivity index (χ4v) is 0.907. The number of halogens is 3. The molecule has 0 amide bonds. The molecule has 0 rings (SSSR count). The third-order valence-corrected chi connectivity index (χ3v) is 1.58. The van der Waals surface area contributed by atoms with E-state index in [1.807, 2.05) is 4.90 Å². The van der Waals surface area contributed by atoms with Gasteiger partial charge in [-0.25, -0.2) is 0 Å². The van der Waals surface area contributed by atoms with Crippen LogP contribution in [-0.2, 0) is 4.74 Å². The minimum Gasteiger partial charge on any atom is -0.395 e. The van der Waals surface area contributed by atoms with E-state index >= 15 is 0 Å². The molecule has 0 unspecified atom stereocenters. The maximum absolute atomic E-state index is 11.6. The largest absolute Gasteiger partial charge is 0.411 e. The predicted octanol–water partition coefficient (Wildman–Crippen LogP) is 0.879. The van der Waals surface area contributed by atoms with E-state index in [0.717, 1.165) is 0 Å². The van der Waals surface area contributed by atoms with Gasteiger partial charge in [0.05, 0.1) is 6.61 Å². The maximum Gasteiger partial charge on any atom is 0.411 e. The molecule has 0 saturated carbocycles. The Balaban J connectivity index is 3.21. The van der Waals surface area contributed by atoms with Gasteiger partial charge in [0.1, 0.15) is 6.61 Å². The second-order valence-electron chi connectivity index (χ2n) is 3.05. The lowest BCUT2D eigenvalue weighted by atomic mass is 10.4. The van der Waals surface area contributed by atoms with E-state index in [1.165, 1.54) is 0 Å². The van der Waals surface area contributed by atoms with Crippen LogP contribution >= 0.6 is 0 Å². The van der Waals surface area contributed by atoms with Gasteiger partial charge in [0, 0.05) is 19.7 Å². The fourth-order valence-electron chi connectivity index (χ4n) is 0.907. The monoisotopic (exact) mass is 215 g/mol. The highest BCUT2D eigenvalue weighted by Gasteiger charge is 2.27. The van der Waals surface area contributed by atoms with Gasteiger partial charge in [-0.05, 0) is 13.5 Å². The molecule has 0 fully saturated rings. The topological polar surface area (TPSA) is 32.7 Å². The number of likely N-dealkylation sites (N-methyl/N-ethyl adjacent to an activating group) is 1. The highest BCUT2D eigenvalue weighted by atomic mass is 19.4. The van der Waals surface area contributed by atoms with Gasteiger partial charge >= 0.3 is 6.18 Å². The number of alkyl halides is 3.